The Bertz CT molecular complexity index is 590. The number of aromatic hydroxyl groups is 2. The lowest BCUT2D eigenvalue weighted by atomic mass is 9.93. The zero-order valence-corrected chi connectivity index (χ0v) is 9.34. The zero-order valence-electron chi connectivity index (χ0n) is 9.34. The summed E-state index contributed by atoms with van der Waals surface area (Å²) < 4.78 is 5.72. The number of hydrogen-bond acceptors (Lipinski definition) is 3. The van der Waals surface area contributed by atoms with Gasteiger partial charge in [-0.05, 0) is 36.8 Å². The maximum atomic E-state index is 9.50. The van der Waals surface area contributed by atoms with Crippen LogP contribution in [0.5, 0.6) is 17.2 Å². The van der Waals surface area contributed by atoms with Gasteiger partial charge in [0.15, 0.2) is 0 Å². The van der Waals surface area contributed by atoms with Gasteiger partial charge in [-0.3, -0.25) is 0 Å². The highest BCUT2D eigenvalue weighted by Gasteiger charge is 2.23. The van der Waals surface area contributed by atoms with Crippen LogP contribution in [0.3, 0.4) is 0 Å². The molecule has 17 heavy (non-hydrogen) atoms. The van der Waals surface area contributed by atoms with E-state index in [-0.39, 0.29) is 17.6 Å². The molecule has 2 N–H and O–H groups in total. The molecule has 0 amide bonds. The van der Waals surface area contributed by atoms with E-state index in [9.17, 15) is 10.2 Å². The van der Waals surface area contributed by atoms with E-state index < -0.39 is 0 Å². The summed E-state index contributed by atoms with van der Waals surface area (Å²) in [4.78, 5) is 0. The quantitative estimate of drug-likeness (QED) is 0.727. The fraction of sp³-hybridized carbons (Fsp3) is 0.143. The highest BCUT2D eigenvalue weighted by molar-refractivity contribution is 5.77. The molecular formula is C14H12O3. The molecule has 0 radical (unpaired) electrons. The number of phenols is 2. The first-order valence-corrected chi connectivity index (χ1v) is 5.48. The third-order valence-corrected chi connectivity index (χ3v) is 3.03. The van der Waals surface area contributed by atoms with Crippen molar-refractivity contribution in [1.29, 1.82) is 0 Å². The van der Waals surface area contributed by atoms with Crippen molar-refractivity contribution in [2.75, 3.05) is 0 Å². The molecular weight excluding hydrogens is 216 g/mol. The molecule has 3 rings (SSSR count). The van der Waals surface area contributed by atoms with E-state index in [2.05, 4.69) is 0 Å². The van der Waals surface area contributed by atoms with Crippen molar-refractivity contribution in [2.24, 2.45) is 0 Å². The first-order chi connectivity index (χ1) is 8.15. The highest BCUT2D eigenvalue weighted by Crippen LogP contribution is 2.44. The molecule has 2 aromatic rings. The van der Waals surface area contributed by atoms with Gasteiger partial charge in [0.05, 0.1) is 0 Å². The molecule has 1 aliphatic heterocycles. The van der Waals surface area contributed by atoms with Gasteiger partial charge in [0.1, 0.15) is 23.4 Å². The van der Waals surface area contributed by atoms with Gasteiger partial charge in [-0.2, -0.15) is 0 Å². The fourth-order valence-corrected chi connectivity index (χ4v) is 2.22. The molecule has 0 saturated heterocycles. The molecule has 0 fully saturated rings. The summed E-state index contributed by atoms with van der Waals surface area (Å²) in [5.41, 5.74) is 2.94. The normalized spacial score (nSPS) is 16.9. The molecule has 1 aliphatic rings. The molecule has 0 saturated carbocycles. The number of benzene rings is 2. The minimum absolute atomic E-state index is 0.133. The molecule has 86 valence electrons. The van der Waals surface area contributed by atoms with Crippen LogP contribution >= 0.6 is 0 Å². The van der Waals surface area contributed by atoms with Crippen LogP contribution < -0.4 is 4.74 Å². The molecule has 3 nitrogen and oxygen atoms in total. The molecule has 0 aromatic heterocycles. The Kier molecular flexibility index (Phi) is 2.01. The van der Waals surface area contributed by atoms with Crippen molar-refractivity contribution in [1.82, 2.24) is 0 Å². The van der Waals surface area contributed by atoms with Gasteiger partial charge < -0.3 is 14.9 Å². The summed E-state index contributed by atoms with van der Waals surface area (Å²) in [6.07, 6.45) is -0.133. The minimum Gasteiger partial charge on any atom is -0.508 e. The molecule has 1 heterocycles. The first kappa shape index (κ1) is 10.0. The van der Waals surface area contributed by atoms with Crippen molar-refractivity contribution in [2.45, 2.75) is 13.0 Å². The molecule has 0 aliphatic carbocycles. The summed E-state index contributed by atoms with van der Waals surface area (Å²) >= 11 is 0. The Balaban J connectivity index is 2.26. The number of hydrogen-bond donors (Lipinski definition) is 2. The van der Waals surface area contributed by atoms with Crippen LogP contribution in [0.4, 0.5) is 0 Å². The SMILES string of the molecule is CC1Oc2cc(O)ccc2-c2ccc(O)cc21. The third kappa shape index (κ3) is 1.51. The van der Waals surface area contributed by atoms with Gasteiger partial charge >= 0.3 is 0 Å². The first-order valence-electron chi connectivity index (χ1n) is 5.48. The van der Waals surface area contributed by atoms with E-state index >= 15 is 0 Å². The van der Waals surface area contributed by atoms with E-state index in [0.29, 0.717) is 5.75 Å². The Morgan fingerprint density at radius 1 is 0.941 bits per heavy atom. The summed E-state index contributed by atoms with van der Waals surface area (Å²) in [6, 6.07) is 10.3. The molecule has 1 atom stereocenters. The Morgan fingerprint density at radius 3 is 2.35 bits per heavy atom. The number of phenolic OH excluding ortho intramolecular Hbond substituents is 2. The lowest BCUT2D eigenvalue weighted by Crippen LogP contribution is -2.10. The molecule has 1 unspecified atom stereocenters. The topological polar surface area (TPSA) is 49.7 Å². The van der Waals surface area contributed by atoms with Gasteiger partial charge in [-0.25, -0.2) is 0 Å². The van der Waals surface area contributed by atoms with Crippen LogP contribution in [0.2, 0.25) is 0 Å². The number of rotatable bonds is 0. The second-order valence-corrected chi connectivity index (χ2v) is 4.21. The monoisotopic (exact) mass is 228 g/mol. The Morgan fingerprint density at radius 2 is 1.59 bits per heavy atom. The highest BCUT2D eigenvalue weighted by atomic mass is 16.5. The average Bonchev–Trinajstić information content (AvgIpc) is 2.29. The van der Waals surface area contributed by atoms with Crippen molar-refractivity contribution in [3.05, 3.63) is 42.0 Å². The van der Waals surface area contributed by atoms with Crippen LogP contribution in [0, 0.1) is 0 Å². The molecule has 3 heteroatoms. The number of ether oxygens (including phenoxy) is 1. The van der Waals surface area contributed by atoms with Crippen molar-refractivity contribution in [3.63, 3.8) is 0 Å². The van der Waals surface area contributed by atoms with Gasteiger partial charge in [-0.15, -0.1) is 0 Å². The maximum absolute atomic E-state index is 9.50. The third-order valence-electron chi connectivity index (χ3n) is 3.03. The van der Waals surface area contributed by atoms with Gasteiger partial charge in [-0.1, -0.05) is 6.07 Å². The molecule has 0 spiro atoms. The van der Waals surface area contributed by atoms with Crippen LogP contribution in [0.15, 0.2) is 36.4 Å². The van der Waals surface area contributed by atoms with Crippen molar-refractivity contribution >= 4 is 0 Å². The van der Waals surface area contributed by atoms with Crippen LogP contribution in [0.25, 0.3) is 11.1 Å². The van der Waals surface area contributed by atoms with Crippen molar-refractivity contribution < 1.29 is 14.9 Å². The van der Waals surface area contributed by atoms with E-state index in [4.69, 9.17) is 4.74 Å². The van der Waals surface area contributed by atoms with Gasteiger partial charge in [0.25, 0.3) is 0 Å². The van der Waals surface area contributed by atoms with Crippen LogP contribution in [0.1, 0.15) is 18.6 Å². The second-order valence-electron chi connectivity index (χ2n) is 4.21. The number of fused-ring (bicyclic) bond motifs is 3. The Labute approximate surface area is 98.9 Å². The van der Waals surface area contributed by atoms with Gasteiger partial charge in [0.2, 0.25) is 0 Å². The summed E-state index contributed by atoms with van der Waals surface area (Å²) in [7, 11) is 0. The second kappa shape index (κ2) is 3.42. The Hall–Kier alpha value is -2.16. The zero-order chi connectivity index (χ0) is 12.0. The maximum Gasteiger partial charge on any atom is 0.131 e. The fourth-order valence-electron chi connectivity index (χ4n) is 2.22. The molecule has 2 aromatic carbocycles. The predicted molar refractivity (Wildman–Crippen MR) is 64.3 cm³/mol. The predicted octanol–water partition coefficient (Wildman–Crippen LogP) is 3.22. The van der Waals surface area contributed by atoms with E-state index in [1.54, 1.807) is 24.3 Å². The van der Waals surface area contributed by atoms with E-state index in [1.807, 2.05) is 19.1 Å². The minimum atomic E-state index is -0.133. The summed E-state index contributed by atoms with van der Waals surface area (Å²) in [5, 5.41) is 18.9. The summed E-state index contributed by atoms with van der Waals surface area (Å²) in [6.45, 7) is 1.92. The van der Waals surface area contributed by atoms with Crippen molar-refractivity contribution in [3.8, 4) is 28.4 Å². The standard InChI is InChI=1S/C14H12O3/c1-8-13-6-9(15)2-4-11(13)12-5-3-10(16)7-14(12)17-8/h2-8,15-16H,1H3. The smallest absolute Gasteiger partial charge is 0.131 e. The average molecular weight is 228 g/mol. The molecule has 0 bridgehead atoms. The van der Waals surface area contributed by atoms with Crippen LogP contribution in [-0.4, -0.2) is 10.2 Å². The van der Waals surface area contributed by atoms with E-state index in [1.165, 1.54) is 0 Å². The largest absolute Gasteiger partial charge is 0.508 e. The van der Waals surface area contributed by atoms with E-state index in [0.717, 1.165) is 16.7 Å². The lowest BCUT2D eigenvalue weighted by Gasteiger charge is -2.26. The lowest BCUT2D eigenvalue weighted by molar-refractivity contribution is 0.222. The van der Waals surface area contributed by atoms with Gasteiger partial charge in [0, 0.05) is 17.2 Å². The van der Waals surface area contributed by atoms with Crippen LogP contribution in [-0.2, 0) is 0 Å². The summed E-state index contributed by atoms with van der Waals surface area (Å²) in [5.74, 6) is 1.11.